The monoisotopic (exact) mass is 237 g/mol. The van der Waals surface area contributed by atoms with Crippen molar-refractivity contribution < 1.29 is 8.91 Å². The van der Waals surface area contributed by atoms with Crippen LogP contribution in [-0.4, -0.2) is 22.2 Å². The van der Waals surface area contributed by atoms with Crippen LogP contribution in [0.5, 0.6) is 0 Å². The van der Waals surface area contributed by atoms with Gasteiger partial charge in [0.15, 0.2) is 17.4 Å². The third-order valence-electron chi connectivity index (χ3n) is 2.07. The summed E-state index contributed by atoms with van der Waals surface area (Å²) in [6.45, 7) is 2.13. The molecule has 0 unspecified atom stereocenters. The van der Waals surface area contributed by atoms with Crippen molar-refractivity contribution >= 4 is 11.8 Å². The van der Waals surface area contributed by atoms with E-state index >= 15 is 0 Å². The number of halogens is 1. The molecule has 6 nitrogen and oxygen atoms in total. The second-order valence-electron chi connectivity index (χ2n) is 3.43. The van der Waals surface area contributed by atoms with Crippen molar-refractivity contribution in [3.63, 3.8) is 0 Å². The van der Waals surface area contributed by atoms with Gasteiger partial charge in [0.2, 0.25) is 5.95 Å². The average Bonchev–Trinajstić information content (AvgIpc) is 2.74. The van der Waals surface area contributed by atoms with E-state index in [1.165, 1.54) is 0 Å². The van der Waals surface area contributed by atoms with E-state index in [1.807, 2.05) is 6.92 Å². The fraction of sp³-hybridized carbons (Fsp3) is 0.300. The lowest BCUT2D eigenvalue weighted by Gasteiger charge is -2.05. The maximum Gasteiger partial charge on any atom is 0.224 e. The second-order valence-corrected chi connectivity index (χ2v) is 3.43. The SMILES string of the molecule is CNc1ncc(F)c(NCc2cc(C)no2)n1. The van der Waals surface area contributed by atoms with E-state index in [-0.39, 0.29) is 5.82 Å². The maximum atomic E-state index is 13.4. The second kappa shape index (κ2) is 4.77. The van der Waals surface area contributed by atoms with Crippen LogP contribution in [0.15, 0.2) is 16.8 Å². The lowest BCUT2D eigenvalue weighted by atomic mass is 10.4. The molecule has 0 amide bonds. The largest absolute Gasteiger partial charge is 0.360 e. The molecular formula is C10H12FN5O. The molecule has 2 aromatic rings. The molecular weight excluding hydrogens is 225 g/mol. The average molecular weight is 237 g/mol. The Labute approximate surface area is 97.3 Å². The Balaban J connectivity index is 2.07. The van der Waals surface area contributed by atoms with Gasteiger partial charge >= 0.3 is 0 Å². The number of hydrogen-bond acceptors (Lipinski definition) is 6. The van der Waals surface area contributed by atoms with Crippen molar-refractivity contribution in [1.82, 2.24) is 15.1 Å². The molecule has 0 aromatic carbocycles. The summed E-state index contributed by atoms with van der Waals surface area (Å²) in [7, 11) is 1.66. The predicted octanol–water partition coefficient (Wildman–Crippen LogP) is 1.57. The van der Waals surface area contributed by atoms with Gasteiger partial charge in [-0.2, -0.15) is 4.98 Å². The molecule has 2 aromatic heterocycles. The van der Waals surface area contributed by atoms with E-state index in [0.29, 0.717) is 18.3 Å². The summed E-state index contributed by atoms with van der Waals surface area (Å²) in [4.78, 5) is 7.69. The normalized spacial score (nSPS) is 10.3. The molecule has 7 heteroatoms. The molecule has 0 radical (unpaired) electrons. The summed E-state index contributed by atoms with van der Waals surface area (Å²) >= 11 is 0. The quantitative estimate of drug-likeness (QED) is 0.840. The number of aromatic nitrogens is 3. The minimum absolute atomic E-state index is 0.124. The zero-order valence-electron chi connectivity index (χ0n) is 9.49. The summed E-state index contributed by atoms with van der Waals surface area (Å²) < 4.78 is 18.3. The Kier molecular flexibility index (Phi) is 3.17. The van der Waals surface area contributed by atoms with Crippen LogP contribution in [0, 0.1) is 12.7 Å². The molecule has 0 fully saturated rings. The summed E-state index contributed by atoms with van der Waals surface area (Å²) in [6.07, 6.45) is 1.10. The standard InChI is InChI=1S/C10H12FN5O/c1-6-3-7(17-16-6)4-13-9-8(11)5-14-10(12-2)15-9/h3,5H,4H2,1-2H3,(H2,12,13,14,15). The number of aryl methyl sites for hydroxylation is 1. The van der Waals surface area contributed by atoms with E-state index in [2.05, 4.69) is 25.8 Å². The number of hydrogen-bond donors (Lipinski definition) is 2. The molecule has 2 N–H and O–H groups in total. The third kappa shape index (κ3) is 2.68. The Morgan fingerprint density at radius 3 is 2.94 bits per heavy atom. The minimum atomic E-state index is -0.514. The lowest BCUT2D eigenvalue weighted by Crippen LogP contribution is -2.06. The van der Waals surface area contributed by atoms with E-state index in [1.54, 1.807) is 13.1 Å². The van der Waals surface area contributed by atoms with E-state index < -0.39 is 5.82 Å². The number of rotatable bonds is 4. The van der Waals surface area contributed by atoms with Crippen molar-refractivity contribution in [2.45, 2.75) is 13.5 Å². The van der Waals surface area contributed by atoms with Gasteiger partial charge in [0, 0.05) is 13.1 Å². The first-order valence-corrected chi connectivity index (χ1v) is 5.05. The zero-order chi connectivity index (χ0) is 12.3. The van der Waals surface area contributed by atoms with Gasteiger partial charge in [-0.3, -0.25) is 0 Å². The Morgan fingerprint density at radius 2 is 2.29 bits per heavy atom. The van der Waals surface area contributed by atoms with Gasteiger partial charge in [-0.05, 0) is 6.92 Å². The minimum Gasteiger partial charge on any atom is -0.360 e. The van der Waals surface area contributed by atoms with Crippen molar-refractivity contribution in [1.29, 1.82) is 0 Å². The van der Waals surface area contributed by atoms with Crippen molar-refractivity contribution in [2.24, 2.45) is 0 Å². The number of anilines is 2. The Morgan fingerprint density at radius 1 is 1.47 bits per heavy atom. The highest BCUT2D eigenvalue weighted by atomic mass is 19.1. The van der Waals surface area contributed by atoms with Crippen molar-refractivity contribution in [2.75, 3.05) is 17.7 Å². The molecule has 0 aliphatic carbocycles. The first-order valence-electron chi connectivity index (χ1n) is 5.05. The molecule has 17 heavy (non-hydrogen) atoms. The molecule has 2 rings (SSSR count). The highest BCUT2D eigenvalue weighted by Crippen LogP contribution is 2.13. The van der Waals surface area contributed by atoms with Crippen LogP contribution in [0.1, 0.15) is 11.5 Å². The van der Waals surface area contributed by atoms with Crippen LogP contribution in [0.2, 0.25) is 0 Å². The highest BCUT2D eigenvalue weighted by molar-refractivity contribution is 5.40. The molecule has 0 spiro atoms. The van der Waals surface area contributed by atoms with Crippen LogP contribution in [0.25, 0.3) is 0 Å². The van der Waals surface area contributed by atoms with Gasteiger partial charge in [-0.25, -0.2) is 9.37 Å². The van der Waals surface area contributed by atoms with E-state index in [0.717, 1.165) is 11.9 Å². The molecule has 0 saturated heterocycles. The summed E-state index contributed by atoms with van der Waals surface area (Å²) in [6, 6.07) is 1.77. The Bertz CT molecular complexity index is 513. The molecule has 2 heterocycles. The molecule has 0 aliphatic rings. The molecule has 0 atom stereocenters. The summed E-state index contributed by atoms with van der Waals surface area (Å²) in [5.74, 6) is 0.577. The molecule has 0 saturated carbocycles. The van der Waals surface area contributed by atoms with Gasteiger partial charge < -0.3 is 15.2 Å². The first kappa shape index (κ1) is 11.3. The summed E-state index contributed by atoms with van der Waals surface area (Å²) in [5, 5.41) is 9.28. The topological polar surface area (TPSA) is 75.9 Å². The fourth-order valence-corrected chi connectivity index (χ4v) is 1.28. The smallest absolute Gasteiger partial charge is 0.224 e. The predicted molar refractivity (Wildman–Crippen MR) is 60.1 cm³/mol. The Hall–Kier alpha value is -2.18. The summed E-state index contributed by atoms with van der Waals surface area (Å²) in [5.41, 5.74) is 0.779. The zero-order valence-corrected chi connectivity index (χ0v) is 9.49. The number of nitrogens with one attached hydrogen (secondary N) is 2. The molecule has 90 valence electrons. The van der Waals surface area contributed by atoms with E-state index in [4.69, 9.17) is 4.52 Å². The van der Waals surface area contributed by atoms with Gasteiger partial charge in [0.25, 0.3) is 0 Å². The van der Waals surface area contributed by atoms with Gasteiger partial charge in [-0.15, -0.1) is 0 Å². The van der Waals surface area contributed by atoms with Crippen LogP contribution in [0.4, 0.5) is 16.2 Å². The molecule has 0 aliphatic heterocycles. The van der Waals surface area contributed by atoms with Crippen LogP contribution in [-0.2, 0) is 6.54 Å². The van der Waals surface area contributed by atoms with Crippen molar-refractivity contribution in [3.8, 4) is 0 Å². The van der Waals surface area contributed by atoms with Gasteiger partial charge in [0.05, 0.1) is 18.4 Å². The maximum absolute atomic E-state index is 13.4. The fourth-order valence-electron chi connectivity index (χ4n) is 1.28. The van der Waals surface area contributed by atoms with Crippen LogP contribution >= 0.6 is 0 Å². The van der Waals surface area contributed by atoms with E-state index in [9.17, 15) is 4.39 Å². The van der Waals surface area contributed by atoms with Crippen molar-refractivity contribution in [3.05, 3.63) is 29.5 Å². The molecule has 0 bridgehead atoms. The highest BCUT2D eigenvalue weighted by Gasteiger charge is 2.07. The first-order chi connectivity index (χ1) is 8.19. The number of nitrogens with zero attached hydrogens (tertiary/aromatic N) is 3. The van der Waals surface area contributed by atoms with Gasteiger partial charge in [0.1, 0.15) is 0 Å². The van der Waals surface area contributed by atoms with Crippen LogP contribution in [0.3, 0.4) is 0 Å². The third-order valence-corrected chi connectivity index (χ3v) is 2.07. The lowest BCUT2D eigenvalue weighted by molar-refractivity contribution is 0.384. The van der Waals surface area contributed by atoms with Gasteiger partial charge in [-0.1, -0.05) is 5.16 Å². The van der Waals surface area contributed by atoms with Crippen LogP contribution < -0.4 is 10.6 Å².